The Kier molecular flexibility index (Phi) is 3.57. The molecule has 2 atom stereocenters. The molecular weight excluding hydrogens is 270 g/mol. The van der Waals surface area contributed by atoms with Crippen molar-refractivity contribution < 1.29 is 14.5 Å². The lowest BCUT2D eigenvalue weighted by molar-refractivity contribution is -0.570. The van der Waals surface area contributed by atoms with E-state index in [1.807, 2.05) is 0 Å². The highest BCUT2D eigenvalue weighted by atomic mass is 35.5. The number of rotatable bonds is 3. The van der Waals surface area contributed by atoms with E-state index < -0.39 is 17.1 Å². The number of nitro groups is 1. The van der Waals surface area contributed by atoms with Crippen LogP contribution >= 0.6 is 11.6 Å². The molecule has 1 heterocycles. The Hall–Kier alpha value is -1.88. The average Bonchev–Trinajstić information content (AvgIpc) is 2.68. The maximum Gasteiger partial charge on any atom is 0.364 e. The zero-order chi connectivity index (χ0) is 14.2. The first kappa shape index (κ1) is 13.5. The first-order valence-electron chi connectivity index (χ1n) is 5.69. The number of carbonyl (C=O) groups is 1. The van der Waals surface area contributed by atoms with Crippen molar-refractivity contribution in [1.82, 2.24) is 0 Å². The van der Waals surface area contributed by atoms with Crippen LogP contribution in [0.5, 0.6) is 0 Å². The van der Waals surface area contributed by atoms with Gasteiger partial charge in [-0.15, -0.1) is 0 Å². The van der Waals surface area contributed by atoms with Gasteiger partial charge in [0, 0.05) is 5.02 Å². The Balaban J connectivity index is 2.50. The fourth-order valence-electron chi connectivity index (χ4n) is 2.31. The first-order valence-corrected chi connectivity index (χ1v) is 6.07. The number of hydrogen-bond donors (Lipinski definition) is 0. The Morgan fingerprint density at radius 1 is 1.37 bits per heavy atom. The number of carbonyl (C=O) groups excluding carboxylic acids is 1. The zero-order valence-corrected chi connectivity index (χ0v) is 11.2. The topological polar surface area (TPSA) is 69.4 Å². The van der Waals surface area contributed by atoms with Crippen LogP contribution in [-0.4, -0.2) is 16.9 Å². The summed E-state index contributed by atoms with van der Waals surface area (Å²) in [6.45, 7) is 2.95. The molecule has 100 valence electrons. The predicted octanol–water partition coefficient (Wildman–Crippen LogP) is 2.92. The van der Waals surface area contributed by atoms with Crippen LogP contribution in [0.3, 0.4) is 0 Å². The molecule has 0 spiro atoms. The van der Waals surface area contributed by atoms with Crippen LogP contribution in [0, 0.1) is 10.1 Å². The lowest BCUT2D eigenvalue weighted by Gasteiger charge is -2.14. The molecule has 1 aliphatic rings. The van der Waals surface area contributed by atoms with Crippen molar-refractivity contribution >= 4 is 17.4 Å². The van der Waals surface area contributed by atoms with Crippen molar-refractivity contribution in [1.29, 1.82) is 0 Å². The maximum absolute atomic E-state index is 11.7. The molecule has 1 aliphatic heterocycles. The Labute approximate surface area is 115 Å². The van der Waals surface area contributed by atoms with Crippen LogP contribution in [0.25, 0.3) is 0 Å². The third kappa shape index (κ3) is 2.46. The molecule has 0 amide bonds. The van der Waals surface area contributed by atoms with Crippen LogP contribution in [0.2, 0.25) is 5.02 Å². The molecule has 2 unspecified atom stereocenters. The monoisotopic (exact) mass is 281 g/mol. The van der Waals surface area contributed by atoms with Gasteiger partial charge in [-0.3, -0.25) is 14.9 Å². The molecule has 0 bridgehead atoms. The molecule has 1 aromatic carbocycles. The summed E-state index contributed by atoms with van der Waals surface area (Å²) >= 11 is 5.80. The van der Waals surface area contributed by atoms with E-state index in [9.17, 15) is 14.9 Å². The normalized spacial score (nSPS) is 22.3. The van der Waals surface area contributed by atoms with Crippen molar-refractivity contribution in [2.75, 3.05) is 0 Å². The molecule has 0 saturated heterocycles. The SMILES string of the molecule is CC(=O)C1=C(C)OC([N+](=O)[O-])C1c1ccc(Cl)cc1. The third-order valence-electron chi connectivity index (χ3n) is 3.09. The van der Waals surface area contributed by atoms with Gasteiger partial charge in [0.2, 0.25) is 0 Å². The second-order valence-electron chi connectivity index (χ2n) is 4.35. The standard InChI is InChI=1S/C13H12ClNO4/c1-7(16)11-8(2)19-13(15(17)18)12(11)9-3-5-10(14)6-4-9/h3-6,12-13H,1-2H3. The number of benzene rings is 1. The van der Waals surface area contributed by atoms with Crippen molar-refractivity contribution in [2.45, 2.75) is 26.0 Å². The van der Waals surface area contributed by atoms with Crippen LogP contribution in [0.1, 0.15) is 25.3 Å². The van der Waals surface area contributed by atoms with Gasteiger partial charge in [0.25, 0.3) is 0 Å². The van der Waals surface area contributed by atoms with Crippen LogP contribution < -0.4 is 0 Å². The summed E-state index contributed by atoms with van der Waals surface area (Å²) < 4.78 is 5.22. The number of Topliss-reactive ketones (excluding diaryl/α,β-unsaturated/α-hetero) is 1. The Morgan fingerprint density at radius 3 is 2.42 bits per heavy atom. The number of halogens is 1. The molecule has 5 nitrogen and oxygen atoms in total. The summed E-state index contributed by atoms with van der Waals surface area (Å²) in [7, 11) is 0. The number of ketones is 1. The second kappa shape index (κ2) is 5.01. The molecule has 0 N–H and O–H groups in total. The average molecular weight is 282 g/mol. The van der Waals surface area contributed by atoms with Crippen molar-refractivity contribution in [2.24, 2.45) is 0 Å². The van der Waals surface area contributed by atoms with Gasteiger partial charge in [-0.05, 0) is 31.5 Å². The molecule has 0 fully saturated rings. The first-order chi connectivity index (χ1) is 8.91. The van der Waals surface area contributed by atoms with Gasteiger partial charge in [-0.2, -0.15) is 0 Å². The molecule has 0 saturated carbocycles. The maximum atomic E-state index is 11.7. The van der Waals surface area contributed by atoms with Gasteiger partial charge >= 0.3 is 6.23 Å². The molecular formula is C13H12ClNO4. The number of ether oxygens (including phenoxy) is 1. The summed E-state index contributed by atoms with van der Waals surface area (Å²) in [5, 5.41) is 11.6. The molecule has 0 aliphatic carbocycles. The number of nitrogens with zero attached hydrogens (tertiary/aromatic N) is 1. The van der Waals surface area contributed by atoms with E-state index in [4.69, 9.17) is 16.3 Å². The minimum absolute atomic E-state index is 0.221. The summed E-state index contributed by atoms with van der Waals surface area (Å²) in [6.07, 6.45) is -1.26. The van der Waals surface area contributed by atoms with E-state index in [1.165, 1.54) is 6.92 Å². The van der Waals surface area contributed by atoms with Crippen LogP contribution in [0.15, 0.2) is 35.6 Å². The van der Waals surface area contributed by atoms with Crippen molar-refractivity contribution in [3.05, 3.63) is 56.3 Å². The summed E-state index contributed by atoms with van der Waals surface area (Å²) in [6, 6.07) is 6.63. The molecule has 6 heteroatoms. The summed E-state index contributed by atoms with van der Waals surface area (Å²) in [5.74, 6) is -0.597. The van der Waals surface area contributed by atoms with E-state index in [1.54, 1.807) is 31.2 Å². The van der Waals surface area contributed by atoms with E-state index in [2.05, 4.69) is 0 Å². The van der Waals surface area contributed by atoms with E-state index in [-0.39, 0.29) is 5.78 Å². The van der Waals surface area contributed by atoms with Gasteiger partial charge in [0.1, 0.15) is 11.7 Å². The van der Waals surface area contributed by atoms with Crippen LogP contribution in [-0.2, 0) is 9.53 Å². The minimum atomic E-state index is -1.26. The molecule has 1 aromatic rings. The fraction of sp³-hybridized carbons (Fsp3) is 0.308. The second-order valence-corrected chi connectivity index (χ2v) is 4.79. The molecule has 0 aromatic heterocycles. The Morgan fingerprint density at radius 2 is 1.95 bits per heavy atom. The van der Waals surface area contributed by atoms with E-state index in [0.717, 1.165) is 0 Å². The molecule has 19 heavy (non-hydrogen) atoms. The predicted molar refractivity (Wildman–Crippen MR) is 69.4 cm³/mol. The van der Waals surface area contributed by atoms with Crippen molar-refractivity contribution in [3.8, 4) is 0 Å². The van der Waals surface area contributed by atoms with E-state index in [0.29, 0.717) is 21.9 Å². The van der Waals surface area contributed by atoms with E-state index >= 15 is 0 Å². The third-order valence-corrected chi connectivity index (χ3v) is 3.34. The van der Waals surface area contributed by atoms with Gasteiger partial charge in [-0.25, -0.2) is 0 Å². The smallest absolute Gasteiger partial charge is 0.364 e. The summed E-state index contributed by atoms with van der Waals surface area (Å²) in [4.78, 5) is 22.3. The molecule has 0 radical (unpaired) electrons. The lowest BCUT2D eigenvalue weighted by Crippen LogP contribution is -2.27. The van der Waals surface area contributed by atoms with Gasteiger partial charge in [-0.1, -0.05) is 23.7 Å². The number of allylic oxidation sites excluding steroid dienone is 1. The van der Waals surface area contributed by atoms with Gasteiger partial charge < -0.3 is 4.74 Å². The summed E-state index contributed by atoms with van der Waals surface area (Å²) in [5.41, 5.74) is 0.997. The quantitative estimate of drug-likeness (QED) is 0.631. The highest BCUT2D eigenvalue weighted by Gasteiger charge is 2.45. The van der Waals surface area contributed by atoms with Crippen LogP contribution in [0.4, 0.5) is 0 Å². The minimum Gasteiger partial charge on any atom is -0.434 e. The van der Waals surface area contributed by atoms with Crippen molar-refractivity contribution in [3.63, 3.8) is 0 Å². The highest BCUT2D eigenvalue weighted by molar-refractivity contribution is 6.30. The fourth-order valence-corrected chi connectivity index (χ4v) is 2.43. The van der Waals surface area contributed by atoms with Gasteiger partial charge in [0.05, 0.1) is 10.5 Å². The van der Waals surface area contributed by atoms with Gasteiger partial charge in [0.15, 0.2) is 5.78 Å². The highest BCUT2D eigenvalue weighted by Crippen LogP contribution is 2.39. The molecule has 2 rings (SSSR count). The Bertz CT molecular complexity index is 565. The lowest BCUT2D eigenvalue weighted by atomic mass is 9.88. The largest absolute Gasteiger partial charge is 0.434 e. The number of hydrogen-bond acceptors (Lipinski definition) is 4. The zero-order valence-electron chi connectivity index (χ0n) is 10.4.